The Morgan fingerprint density at radius 3 is 2.71 bits per heavy atom. The minimum atomic E-state index is 0.853. The molecule has 0 amide bonds. The molecular weight excluding hydrogens is 210 g/mol. The second-order valence-electron chi connectivity index (χ2n) is 5.21. The fourth-order valence-corrected chi connectivity index (χ4v) is 2.07. The summed E-state index contributed by atoms with van der Waals surface area (Å²) in [6, 6.07) is 0. The van der Waals surface area contributed by atoms with E-state index < -0.39 is 0 Å². The molecule has 0 saturated heterocycles. The summed E-state index contributed by atoms with van der Waals surface area (Å²) in [7, 11) is 1.98. The molecule has 1 heterocycles. The Bertz CT molecular complexity index is 291. The van der Waals surface area contributed by atoms with E-state index in [1.165, 1.54) is 37.8 Å². The van der Waals surface area contributed by atoms with Crippen LogP contribution in [-0.2, 0) is 13.1 Å². The van der Waals surface area contributed by atoms with E-state index in [1.54, 1.807) is 0 Å². The van der Waals surface area contributed by atoms with Gasteiger partial charge in [-0.25, -0.2) is 4.98 Å². The second kappa shape index (κ2) is 8.29. The van der Waals surface area contributed by atoms with Crippen molar-refractivity contribution in [2.75, 3.05) is 7.05 Å². The molecule has 0 fully saturated rings. The highest BCUT2D eigenvalue weighted by Crippen LogP contribution is 2.10. The van der Waals surface area contributed by atoms with E-state index in [0.29, 0.717) is 0 Å². The largest absolute Gasteiger partial charge is 0.333 e. The number of hydrogen-bond acceptors (Lipinski definition) is 2. The standard InChI is InChI=1S/C14H27N3/c1-13(2)8-6-4-5-7-9-17-12-16-11-14(17)10-15-3/h11-13,15H,4-10H2,1-3H3. The number of nitrogens with zero attached hydrogens (tertiary/aromatic N) is 2. The van der Waals surface area contributed by atoms with Crippen LogP contribution in [0.25, 0.3) is 0 Å². The van der Waals surface area contributed by atoms with Crippen LogP contribution in [0.1, 0.15) is 51.6 Å². The first-order valence-electron chi connectivity index (χ1n) is 6.87. The lowest BCUT2D eigenvalue weighted by Gasteiger charge is -2.08. The summed E-state index contributed by atoms with van der Waals surface area (Å²) >= 11 is 0. The zero-order valence-corrected chi connectivity index (χ0v) is 11.6. The van der Waals surface area contributed by atoms with Gasteiger partial charge in [-0.05, 0) is 19.4 Å². The van der Waals surface area contributed by atoms with Gasteiger partial charge in [0.15, 0.2) is 0 Å². The van der Waals surface area contributed by atoms with Gasteiger partial charge >= 0.3 is 0 Å². The van der Waals surface area contributed by atoms with Gasteiger partial charge in [0.25, 0.3) is 0 Å². The lowest BCUT2D eigenvalue weighted by molar-refractivity contribution is 0.501. The van der Waals surface area contributed by atoms with Gasteiger partial charge in [-0.2, -0.15) is 0 Å². The van der Waals surface area contributed by atoms with Crippen molar-refractivity contribution in [1.29, 1.82) is 0 Å². The fourth-order valence-electron chi connectivity index (χ4n) is 2.07. The summed E-state index contributed by atoms with van der Waals surface area (Å²) in [5, 5.41) is 3.17. The van der Waals surface area contributed by atoms with Crippen molar-refractivity contribution in [2.45, 2.75) is 59.0 Å². The Morgan fingerprint density at radius 2 is 2.00 bits per heavy atom. The minimum absolute atomic E-state index is 0.853. The van der Waals surface area contributed by atoms with Gasteiger partial charge in [0, 0.05) is 19.3 Å². The molecule has 3 heteroatoms. The van der Waals surface area contributed by atoms with Gasteiger partial charge in [0.1, 0.15) is 0 Å². The molecule has 0 aliphatic rings. The molecule has 0 spiro atoms. The van der Waals surface area contributed by atoms with Crippen LogP contribution in [0.3, 0.4) is 0 Å². The molecule has 0 atom stereocenters. The van der Waals surface area contributed by atoms with Crippen molar-refractivity contribution in [1.82, 2.24) is 14.9 Å². The molecular formula is C14H27N3. The van der Waals surface area contributed by atoms with Crippen molar-refractivity contribution in [3.8, 4) is 0 Å². The molecule has 1 aromatic rings. The van der Waals surface area contributed by atoms with Gasteiger partial charge in [-0.15, -0.1) is 0 Å². The molecule has 0 bridgehead atoms. The van der Waals surface area contributed by atoms with Gasteiger partial charge in [0.05, 0.1) is 12.0 Å². The number of hydrogen-bond donors (Lipinski definition) is 1. The van der Waals surface area contributed by atoms with E-state index in [9.17, 15) is 0 Å². The molecule has 1 rings (SSSR count). The van der Waals surface area contributed by atoms with Crippen LogP contribution < -0.4 is 5.32 Å². The third kappa shape index (κ3) is 5.87. The fraction of sp³-hybridized carbons (Fsp3) is 0.786. The molecule has 0 saturated carbocycles. The zero-order valence-electron chi connectivity index (χ0n) is 11.6. The van der Waals surface area contributed by atoms with Crippen molar-refractivity contribution >= 4 is 0 Å². The number of imidazole rings is 1. The van der Waals surface area contributed by atoms with Crippen LogP contribution in [0.5, 0.6) is 0 Å². The number of nitrogens with one attached hydrogen (secondary N) is 1. The van der Waals surface area contributed by atoms with Crippen molar-refractivity contribution in [3.05, 3.63) is 18.2 Å². The predicted molar refractivity (Wildman–Crippen MR) is 72.9 cm³/mol. The Kier molecular flexibility index (Phi) is 6.94. The molecule has 1 aromatic heterocycles. The molecule has 3 nitrogen and oxygen atoms in total. The summed E-state index contributed by atoms with van der Waals surface area (Å²) in [5.74, 6) is 0.853. The lowest BCUT2D eigenvalue weighted by Crippen LogP contribution is -2.10. The Labute approximate surface area is 106 Å². The van der Waals surface area contributed by atoms with E-state index in [0.717, 1.165) is 19.0 Å². The summed E-state index contributed by atoms with van der Waals surface area (Å²) in [4.78, 5) is 4.20. The highest BCUT2D eigenvalue weighted by atomic mass is 15.1. The average molecular weight is 237 g/mol. The topological polar surface area (TPSA) is 29.9 Å². The quantitative estimate of drug-likeness (QED) is 0.668. The van der Waals surface area contributed by atoms with Crippen LogP contribution in [0.15, 0.2) is 12.5 Å². The van der Waals surface area contributed by atoms with E-state index in [-0.39, 0.29) is 0 Å². The Morgan fingerprint density at radius 1 is 1.24 bits per heavy atom. The third-order valence-corrected chi connectivity index (χ3v) is 3.09. The molecule has 0 radical (unpaired) electrons. The molecule has 0 aliphatic heterocycles. The highest BCUT2D eigenvalue weighted by Gasteiger charge is 2.00. The van der Waals surface area contributed by atoms with E-state index in [1.807, 2.05) is 19.6 Å². The number of aromatic nitrogens is 2. The monoisotopic (exact) mass is 237 g/mol. The lowest BCUT2D eigenvalue weighted by atomic mass is 10.0. The Hall–Kier alpha value is -0.830. The summed E-state index contributed by atoms with van der Waals surface area (Å²) < 4.78 is 2.26. The van der Waals surface area contributed by atoms with Crippen molar-refractivity contribution in [2.24, 2.45) is 5.92 Å². The van der Waals surface area contributed by atoms with Crippen LogP contribution >= 0.6 is 0 Å². The van der Waals surface area contributed by atoms with Crippen molar-refractivity contribution in [3.63, 3.8) is 0 Å². The SMILES string of the molecule is CNCc1cncn1CCCCCCC(C)C. The number of rotatable bonds is 9. The number of unbranched alkanes of at least 4 members (excludes halogenated alkanes) is 3. The van der Waals surface area contributed by atoms with Gasteiger partial charge in [-0.1, -0.05) is 39.5 Å². The van der Waals surface area contributed by atoms with E-state index >= 15 is 0 Å². The first kappa shape index (κ1) is 14.2. The maximum absolute atomic E-state index is 4.20. The van der Waals surface area contributed by atoms with Gasteiger partial charge < -0.3 is 9.88 Å². The maximum Gasteiger partial charge on any atom is 0.0948 e. The number of aryl methyl sites for hydroxylation is 1. The third-order valence-electron chi connectivity index (χ3n) is 3.09. The molecule has 0 aliphatic carbocycles. The minimum Gasteiger partial charge on any atom is -0.333 e. The van der Waals surface area contributed by atoms with Gasteiger partial charge in [0.2, 0.25) is 0 Å². The van der Waals surface area contributed by atoms with Crippen molar-refractivity contribution < 1.29 is 0 Å². The molecule has 0 aromatic carbocycles. The molecule has 0 unspecified atom stereocenters. The van der Waals surface area contributed by atoms with Crippen LogP contribution in [0.2, 0.25) is 0 Å². The van der Waals surface area contributed by atoms with Crippen LogP contribution in [0.4, 0.5) is 0 Å². The van der Waals surface area contributed by atoms with E-state index in [4.69, 9.17) is 0 Å². The first-order chi connectivity index (χ1) is 8.24. The Balaban J connectivity index is 2.11. The normalized spacial score (nSPS) is 11.3. The summed E-state index contributed by atoms with van der Waals surface area (Å²) in [5.41, 5.74) is 1.29. The summed E-state index contributed by atoms with van der Waals surface area (Å²) in [6.07, 6.45) is 10.6. The molecule has 1 N–H and O–H groups in total. The van der Waals surface area contributed by atoms with Crippen LogP contribution in [0, 0.1) is 5.92 Å². The molecule has 98 valence electrons. The predicted octanol–water partition coefficient (Wildman–Crippen LogP) is 3.21. The highest BCUT2D eigenvalue weighted by molar-refractivity contribution is 4.97. The zero-order chi connectivity index (χ0) is 12.5. The smallest absolute Gasteiger partial charge is 0.0948 e. The van der Waals surface area contributed by atoms with Crippen LogP contribution in [-0.4, -0.2) is 16.6 Å². The molecule has 17 heavy (non-hydrogen) atoms. The second-order valence-corrected chi connectivity index (χ2v) is 5.21. The average Bonchev–Trinajstić information content (AvgIpc) is 2.71. The van der Waals surface area contributed by atoms with E-state index in [2.05, 4.69) is 28.7 Å². The summed E-state index contributed by atoms with van der Waals surface area (Å²) in [6.45, 7) is 6.62. The first-order valence-corrected chi connectivity index (χ1v) is 6.87. The maximum atomic E-state index is 4.20. The van der Waals surface area contributed by atoms with Gasteiger partial charge in [-0.3, -0.25) is 0 Å².